The van der Waals surface area contributed by atoms with Crippen molar-refractivity contribution in [3.8, 4) is 17.3 Å². The van der Waals surface area contributed by atoms with Gasteiger partial charge in [-0.1, -0.05) is 35.1 Å². The van der Waals surface area contributed by atoms with Crippen molar-refractivity contribution in [3.05, 3.63) is 60.6 Å². The number of hydrogen-bond donors (Lipinski definition) is 1. The summed E-state index contributed by atoms with van der Waals surface area (Å²) < 4.78 is 12.3. The van der Waals surface area contributed by atoms with E-state index >= 15 is 0 Å². The maximum Gasteiger partial charge on any atom is 0.236 e. The zero-order chi connectivity index (χ0) is 18.6. The number of anilines is 1. The zero-order valence-electron chi connectivity index (χ0n) is 14.3. The Morgan fingerprint density at radius 1 is 1.19 bits per heavy atom. The topological polar surface area (TPSA) is 99.0 Å². The van der Waals surface area contributed by atoms with Gasteiger partial charge in [0.1, 0.15) is 5.76 Å². The molecule has 0 aliphatic rings. The Bertz CT molecular complexity index is 1040. The van der Waals surface area contributed by atoms with Gasteiger partial charge in [-0.15, -0.1) is 10.2 Å². The SMILES string of the molecule is Cc1cc(NC(=O)CSc2nnc(-c3ccco3)n2-c2ccccc2)no1. The van der Waals surface area contributed by atoms with Crippen molar-refractivity contribution in [1.82, 2.24) is 19.9 Å². The van der Waals surface area contributed by atoms with Gasteiger partial charge in [-0.2, -0.15) is 0 Å². The van der Waals surface area contributed by atoms with E-state index in [1.54, 1.807) is 25.3 Å². The fourth-order valence-corrected chi connectivity index (χ4v) is 3.22. The first-order valence-electron chi connectivity index (χ1n) is 8.11. The average Bonchev–Trinajstić information content (AvgIpc) is 3.41. The number of carbonyl (C=O) groups is 1. The molecule has 0 bridgehead atoms. The van der Waals surface area contributed by atoms with Crippen LogP contribution in [0.25, 0.3) is 17.3 Å². The summed E-state index contributed by atoms with van der Waals surface area (Å²) in [7, 11) is 0. The van der Waals surface area contributed by atoms with E-state index in [1.165, 1.54) is 11.8 Å². The first-order chi connectivity index (χ1) is 13.2. The Morgan fingerprint density at radius 3 is 2.74 bits per heavy atom. The molecule has 0 spiro atoms. The van der Waals surface area contributed by atoms with Gasteiger partial charge in [0.05, 0.1) is 12.0 Å². The van der Waals surface area contributed by atoms with E-state index in [0.29, 0.717) is 28.3 Å². The Labute approximate surface area is 158 Å². The predicted octanol–water partition coefficient (Wildman–Crippen LogP) is 3.55. The molecule has 27 heavy (non-hydrogen) atoms. The monoisotopic (exact) mass is 381 g/mol. The molecule has 136 valence electrons. The predicted molar refractivity (Wildman–Crippen MR) is 99.7 cm³/mol. The second-order valence-corrected chi connectivity index (χ2v) is 6.56. The van der Waals surface area contributed by atoms with Crippen LogP contribution in [0.5, 0.6) is 0 Å². The lowest BCUT2D eigenvalue weighted by atomic mass is 10.3. The molecule has 3 heterocycles. The molecule has 0 radical (unpaired) electrons. The van der Waals surface area contributed by atoms with Gasteiger partial charge in [0, 0.05) is 11.8 Å². The van der Waals surface area contributed by atoms with E-state index in [4.69, 9.17) is 8.94 Å². The highest BCUT2D eigenvalue weighted by molar-refractivity contribution is 7.99. The van der Waals surface area contributed by atoms with Crippen LogP contribution in [0.15, 0.2) is 68.9 Å². The van der Waals surface area contributed by atoms with Gasteiger partial charge in [0.25, 0.3) is 0 Å². The number of aromatic nitrogens is 4. The minimum atomic E-state index is -0.213. The molecule has 0 aliphatic heterocycles. The van der Waals surface area contributed by atoms with Crippen molar-refractivity contribution >= 4 is 23.5 Å². The number of nitrogens with one attached hydrogen (secondary N) is 1. The summed E-state index contributed by atoms with van der Waals surface area (Å²) in [6, 6.07) is 14.9. The van der Waals surface area contributed by atoms with Crippen LogP contribution in [-0.2, 0) is 4.79 Å². The number of hydrogen-bond acceptors (Lipinski definition) is 7. The van der Waals surface area contributed by atoms with Crippen LogP contribution >= 0.6 is 11.8 Å². The van der Waals surface area contributed by atoms with Gasteiger partial charge in [0.15, 0.2) is 16.7 Å². The number of benzene rings is 1. The van der Waals surface area contributed by atoms with E-state index in [-0.39, 0.29) is 11.7 Å². The fraction of sp³-hybridized carbons (Fsp3) is 0.111. The zero-order valence-corrected chi connectivity index (χ0v) is 15.1. The van der Waals surface area contributed by atoms with Crippen molar-refractivity contribution in [2.75, 3.05) is 11.1 Å². The molecule has 0 saturated heterocycles. The number of furan rings is 1. The third kappa shape index (κ3) is 3.77. The highest BCUT2D eigenvalue weighted by Gasteiger charge is 2.19. The Morgan fingerprint density at radius 2 is 2.04 bits per heavy atom. The fourth-order valence-electron chi connectivity index (χ4n) is 2.47. The van der Waals surface area contributed by atoms with Crippen LogP contribution in [0.1, 0.15) is 5.76 Å². The molecule has 4 rings (SSSR count). The highest BCUT2D eigenvalue weighted by Crippen LogP contribution is 2.28. The second-order valence-electron chi connectivity index (χ2n) is 5.61. The van der Waals surface area contributed by atoms with Gasteiger partial charge >= 0.3 is 0 Å². The summed E-state index contributed by atoms with van der Waals surface area (Å²) in [5.74, 6) is 2.12. The minimum absolute atomic E-state index is 0.148. The molecule has 1 N–H and O–H groups in total. The van der Waals surface area contributed by atoms with Gasteiger partial charge in [-0.05, 0) is 31.2 Å². The molecule has 0 saturated carbocycles. The number of para-hydroxylation sites is 1. The molecule has 0 aliphatic carbocycles. The molecule has 8 nitrogen and oxygen atoms in total. The number of amides is 1. The molecule has 0 atom stereocenters. The Kier molecular flexibility index (Phi) is 4.75. The van der Waals surface area contributed by atoms with Gasteiger partial charge < -0.3 is 14.3 Å². The number of nitrogens with zero attached hydrogens (tertiary/aromatic N) is 4. The van der Waals surface area contributed by atoms with Crippen molar-refractivity contribution < 1.29 is 13.7 Å². The first kappa shape index (κ1) is 17.1. The summed E-state index contributed by atoms with van der Waals surface area (Å²) in [5, 5.41) is 15.5. The standard InChI is InChI=1S/C18H15N5O3S/c1-12-10-15(22-26-12)19-16(24)11-27-18-21-20-17(14-8-5-9-25-14)23(18)13-6-3-2-4-7-13/h2-10H,11H2,1H3,(H,19,22,24). The molecule has 1 aromatic carbocycles. The quantitative estimate of drug-likeness (QED) is 0.510. The molecule has 4 aromatic rings. The summed E-state index contributed by atoms with van der Waals surface area (Å²) in [4.78, 5) is 12.2. The minimum Gasteiger partial charge on any atom is -0.461 e. The van der Waals surface area contributed by atoms with Crippen molar-refractivity contribution in [2.45, 2.75) is 12.1 Å². The van der Waals surface area contributed by atoms with Crippen LogP contribution < -0.4 is 5.32 Å². The van der Waals surface area contributed by atoms with Crippen LogP contribution in [0.2, 0.25) is 0 Å². The molecule has 9 heteroatoms. The molecule has 0 fully saturated rings. The molecule has 0 unspecified atom stereocenters. The summed E-state index contributed by atoms with van der Waals surface area (Å²) in [5.41, 5.74) is 0.879. The highest BCUT2D eigenvalue weighted by atomic mass is 32.2. The third-order valence-electron chi connectivity index (χ3n) is 3.62. The third-order valence-corrected chi connectivity index (χ3v) is 4.55. The number of aryl methyl sites for hydroxylation is 1. The van der Waals surface area contributed by atoms with Crippen LogP contribution in [0.3, 0.4) is 0 Å². The van der Waals surface area contributed by atoms with Crippen molar-refractivity contribution in [2.24, 2.45) is 0 Å². The van der Waals surface area contributed by atoms with Gasteiger partial charge in [-0.25, -0.2) is 0 Å². The lowest BCUT2D eigenvalue weighted by molar-refractivity contribution is -0.113. The molecular formula is C18H15N5O3S. The number of thioether (sulfide) groups is 1. The first-order valence-corrected chi connectivity index (χ1v) is 9.10. The summed E-state index contributed by atoms with van der Waals surface area (Å²) in [6.07, 6.45) is 1.58. The lowest BCUT2D eigenvalue weighted by Gasteiger charge is -2.08. The van der Waals surface area contributed by atoms with E-state index in [0.717, 1.165) is 5.69 Å². The smallest absolute Gasteiger partial charge is 0.236 e. The normalized spacial score (nSPS) is 10.9. The van der Waals surface area contributed by atoms with Crippen molar-refractivity contribution in [1.29, 1.82) is 0 Å². The Hall–Kier alpha value is -3.33. The molecule has 3 aromatic heterocycles. The Balaban J connectivity index is 1.56. The van der Waals surface area contributed by atoms with Crippen molar-refractivity contribution in [3.63, 3.8) is 0 Å². The summed E-state index contributed by atoms with van der Waals surface area (Å²) >= 11 is 1.27. The van der Waals surface area contributed by atoms with Crippen LogP contribution in [0, 0.1) is 6.92 Å². The average molecular weight is 381 g/mol. The maximum atomic E-state index is 12.2. The molecular weight excluding hydrogens is 366 g/mol. The van der Waals surface area contributed by atoms with E-state index < -0.39 is 0 Å². The number of carbonyl (C=O) groups excluding carboxylic acids is 1. The summed E-state index contributed by atoms with van der Waals surface area (Å²) in [6.45, 7) is 1.76. The van der Waals surface area contributed by atoms with Crippen LogP contribution in [0.4, 0.5) is 5.82 Å². The van der Waals surface area contributed by atoms with E-state index in [2.05, 4.69) is 20.7 Å². The maximum absolute atomic E-state index is 12.2. The van der Waals surface area contributed by atoms with Gasteiger partial charge in [0.2, 0.25) is 11.7 Å². The largest absolute Gasteiger partial charge is 0.461 e. The number of rotatable bonds is 6. The van der Waals surface area contributed by atoms with E-state index in [1.807, 2.05) is 41.0 Å². The van der Waals surface area contributed by atoms with E-state index in [9.17, 15) is 4.79 Å². The lowest BCUT2D eigenvalue weighted by Crippen LogP contribution is -2.14. The second kappa shape index (κ2) is 7.50. The molecule has 1 amide bonds. The van der Waals surface area contributed by atoms with Crippen LogP contribution in [-0.4, -0.2) is 31.6 Å². The van der Waals surface area contributed by atoms with Gasteiger partial charge in [-0.3, -0.25) is 9.36 Å².